The highest BCUT2D eigenvalue weighted by Gasteiger charge is 2.11. The summed E-state index contributed by atoms with van der Waals surface area (Å²) in [5.74, 6) is 0.0819. The second kappa shape index (κ2) is 4.87. The lowest BCUT2D eigenvalue weighted by molar-refractivity contribution is 0.0524. The Bertz CT molecular complexity index is 299. The molecule has 0 aliphatic rings. The van der Waals surface area contributed by atoms with Crippen LogP contribution < -0.4 is 3.83 Å². The Labute approximate surface area is 85.1 Å². The van der Waals surface area contributed by atoms with Gasteiger partial charge in [0.15, 0.2) is 22.0 Å². The zero-order valence-corrected chi connectivity index (χ0v) is 8.71. The van der Waals surface area contributed by atoms with Gasteiger partial charge in [-0.2, -0.15) is 0 Å². The van der Waals surface area contributed by atoms with Crippen LogP contribution in [0.3, 0.4) is 0 Å². The molecule has 0 heterocycles. The maximum atomic E-state index is 11.3. The van der Waals surface area contributed by atoms with E-state index < -0.39 is 0 Å². The Morgan fingerprint density at radius 1 is 1.46 bits per heavy atom. The molecule has 0 saturated heterocycles. The molecular formula is C9H9BrO3. The van der Waals surface area contributed by atoms with E-state index in [9.17, 15) is 4.79 Å². The van der Waals surface area contributed by atoms with Gasteiger partial charge in [0, 0.05) is 0 Å². The average Bonchev–Trinajstić information content (AvgIpc) is 2.18. The molecule has 0 atom stereocenters. The highest BCUT2D eigenvalue weighted by Crippen LogP contribution is 2.20. The summed E-state index contributed by atoms with van der Waals surface area (Å²) >= 11 is 2.82. The molecule has 1 rings (SSSR count). The standard InChI is InChI=1S/C9H9BrO3/c1-2-12-9(11)7-5-3-4-6-8(7)13-10/h3-6H,2H2,1H3. The van der Waals surface area contributed by atoms with Gasteiger partial charge in [0.1, 0.15) is 5.56 Å². The predicted octanol–water partition coefficient (Wildman–Crippen LogP) is 2.55. The SMILES string of the molecule is CCOC(=O)c1ccccc1OBr. The number of hydrogen-bond acceptors (Lipinski definition) is 3. The summed E-state index contributed by atoms with van der Waals surface area (Å²) in [6.07, 6.45) is 0. The lowest BCUT2D eigenvalue weighted by Gasteiger charge is -2.04. The van der Waals surface area contributed by atoms with Crippen molar-refractivity contribution in [3.8, 4) is 5.75 Å². The number of carbonyl (C=O) groups excluding carboxylic acids is 1. The summed E-state index contributed by atoms with van der Waals surface area (Å²) in [6, 6.07) is 6.86. The van der Waals surface area contributed by atoms with Gasteiger partial charge in [0.05, 0.1) is 6.61 Å². The minimum absolute atomic E-state index is 0.357. The second-order valence-corrected chi connectivity index (χ2v) is 2.62. The van der Waals surface area contributed by atoms with Crippen molar-refractivity contribution in [3.63, 3.8) is 0 Å². The molecule has 0 fully saturated rings. The summed E-state index contributed by atoms with van der Waals surface area (Å²) in [5, 5.41) is 0. The van der Waals surface area contributed by atoms with Crippen LogP contribution in [-0.2, 0) is 4.74 Å². The molecule has 3 nitrogen and oxygen atoms in total. The van der Waals surface area contributed by atoms with Crippen LogP contribution in [0.4, 0.5) is 0 Å². The van der Waals surface area contributed by atoms with Crippen molar-refractivity contribution in [2.24, 2.45) is 0 Å². The van der Waals surface area contributed by atoms with E-state index in [4.69, 9.17) is 8.57 Å². The molecule has 0 aliphatic heterocycles. The lowest BCUT2D eigenvalue weighted by Crippen LogP contribution is -2.05. The zero-order valence-electron chi connectivity index (χ0n) is 7.12. The van der Waals surface area contributed by atoms with Crippen LogP contribution in [0, 0.1) is 0 Å². The normalized spacial score (nSPS) is 9.38. The van der Waals surface area contributed by atoms with E-state index in [1.54, 1.807) is 31.2 Å². The lowest BCUT2D eigenvalue weighted by atomic mass is 10.2. The van der Waals surface area contributed by atoms with Crippen LogP contribution in [-0.4, -0.2) is 12.6 Å². The van der Waals surface area contributed by atoms with Gasteiger partial charge in [-0.15, -0.1) is 0 Å². The number of ether oxygens (including phenoxy) is 1. The highest BCUT2D eigenvalue weighted by atomic mass is 79.9. The van der Waals surface area contributed by atoms with Crippen LogP contribution in [0.15, 0.2) is 24.3 Å². The second-order valence-electron chi connectivity index (χ2n) is 2.29. The Balaban J connectivity index is 2.92. The van der Waals surface area contributed by atoms with E-state index in [-0.39, 0.29) is 5.97 Å². The Hall–Kier alpha value is -1.03. The summed E-state index contributed by atoms with van der Waals surface area (Å²) in [6.45, 7) is 2.12. The maximum absolute atomic E-state index is 11.3. The molecule has 1 aromatic rings. The number of esters is 1. The average molecular weight is 245 g/mol. The highest BCUT2D eigenvalue weighted by molar-refractivity contribution is 9.06. The molecule has 0 unspecified atom stereocenters. The van der Waals surface area contributed by atoms with Crippen molar-refractivity contribution in [3.05, 3.63) is 29.8 Å². The summed E-state index contributed by atoms with van der Waals surface area (Å²) in [5.41, 5.74) is 0.418. The first-order chi connectivity index (χ1) is 6.29. The van der Waals surface area contributed by atoms with E-state index in [0.29, 0.717) is 17.9 Å². The number of para-hydroxylation sites is 1. The third-order valence-corrected chi connectivity index (χ3v) is 1.81. The van der Waals surface area contributed by atoms with Crippen molar-refractivity contribution in [1.29, 1.82) is 0 Å². The third kappa shape index (κ3) is 2.45. The summed E-state index contributed by atoms with van der Waals surface area (Å²) in [7, 11) is 0. The van der Waals surface area contributed by atoms with Crippen molar-refractivity contribution >= 4 is 22.2 Å². The van der Waals surface area contributed by atoms with Crippen LogP contribution in [0.2, 0.25) is 0 Å². The van der Waals surface area contributed by atoms with Gasteiger partial charge in [-0.3, -0.25) is 0 Å². The fourth-order valence-electron chi connectivity index (χ4n) is 0.911. The van der Waals surface area contributed by atoms with Crippen LogP contribution in [0.25, 0.3) is 0 Å². The molecule has 0 aromatic heterocycles. The smallest absolute Gasteiger partial charge is 0.341 e. The minimum Gasteiger partial charge on any atom is -0.462 e. The molecule has 0 aliphatic carbocycles. The molecule has 0 radical (unpaired) electrons. The van der Waals surface area contributed by atoms with E-state index in [1.165, 1.54) is 0 Å². The van der Waals surface area contributed by atoms with Gasteiger partial charge >= 0.3 is 5.97 Å². The largest absolute Gasteiger partial charge is 0.462 e. The molecule has 70 valence electrons. The first-order valence-corrected chi connectivity index (χ1v) is 4.49. The minimum atomic E-state index is -0.377. The van der Waals surface area contributed by atoms with Gasteiger partial charge in [-0.05, 0) is 19.1 Å². The zero-order chi connectivity index (χ0) is 9.68. The molecule has 4 heteroatoms. The van der Waals surface area contributed by atoms with Crippen molar-refractivity contribution in [1.82, 2.24) is 0 Å². The number of halogens is 1. The third-order valence-electron chi connectivity index (χ3n) is 1.47. The van der Waals surface area contributed by atoms with E-state index in [0.717, 1.165) is 0 Å². The van der Waals surface area contributed by atoms with E-state index in [1.807, 2.05) is 0 Å². The van der Waals surface area contributed by atoms with Gasteiger partial charge in [-0.1, -0.05) is 12.1 Å². The van der Waals surface area contributed by atoms with Crippen molar-refractivity contribution < 1.29 is 13.4 Å². The molecular weight excluding hydrogens is 236 g/mol. The van der Waals surface area contributed by atoms with Gasteiger partial charge in [0.2, 0.25) is 0 Å². The van der Waals surface area contributed by atoms with Crippen molar-refractivity contribution in [2.75, 3.05) is 6.61 Å². The Morgan fingerprint density at radius 2 is 2.15 bits per heavy atom. The first-order valence-electron chi connectivity index (χ1n) is 3.84. The molecule has 0 spiro atoms. The fourth-order valence-corrected chi connectivity index (χ4v) is 1.19. The van der Waals surface area contributed by atoms with Crippen LogP contribution in [0.5, 0.6) is 5.75 Å². The van der Waals surface area contributed by atoms with Gasteiger partial charge < -0.3 is 8.57 Å². The van der Waals surface area contributed by atoms with E-state index in [2.05, 4.69) is 16.3 Å². The number of carbonyl (C=O) groups is 1. The number of rotatable bonds is 3. The Morgan fingerprint density at radius 3 is 2.77 bits per heavy atom. The summed E-state index contributed by atoms with van der Waals surface area (Å²) < 4.78 is 9.66. The Kier molecular flexibility index (Phi) is 3.76. The van der Waals surface area contributed by atoms with Crippen LogP contribution in [0.1, 0.15) is 17.3 Å². The van der Waals surface area contributed by atoms with Gasteiger partial charge in [0.25, 0.3) is 0 Å². The molecule has 0 saturated carbocycles. The molecule has 13 heavy (non-hydrogen) atoms. The van der Waals surface area contributed by atoms with Crippen molar-refractivity contribution in [2.45, 2.75) is 6.92 Å². The molecule has 1 aromatic carbocycles. The molecule has 0 amide bonds. The maximum Gasteiger partial charge on any atom is 0.341 e. The van der Waals surface area contributed by atoms with E-state index >= 15 is 0 Å². The number of hydrogen-bond donors (Lipinski definition) is 0. The monoisotopic (exact) mass is 244 g/mol. The quantitative estimate of drug-likeness (QED) is 0.767. The van der Waals surface area contributed by atoms with Gasteiger partial charge in [-0.25, -0.2) is 4.79 Å². The first kappa shape index (κ1) is 10.1. The number of benzene rings is 1. The van der Waals surface area contributed by atoms with Crippen LogP contribution >= 0.6 is 16.3 Å². The topological polar surface area (TPSA) is 35.5 Å². The summed E-state index contributed by atoms with van der Waals surface area (Å²) in [4.78, 5) is 11.3. The predicted molar refractivity (Wildman–Crippen MR) is 52.0 cm³/mol. The molecule has 0 N–H and O–H groups in total. The molecule has 0 bridgehead atoms. The fraction of sp³-hybridized carbons (Fsp3) is 0.222.